The maximum absolute atomic E-state index is 12.3. The molecule has 0 aliphatic carbocycles. The number of rotatable bonds is 7. The van der Waals surface area contributed by atoms with E-state index < -0.39 is 5.97 Å². The van der Waals surface area contributed by atoms with Crippen LogP contribution in [0.3, 0.4) is 0 Å². The molecule has 156 valence electrons. The van der Waals surface area contributed by atoms with Crippen molar-refractivity contribution in [2.24, 2.45) is 4.99 Å². The number of esters is 1. The first-order chi connectivity index (χ1) is 14.5. The molecule has 1 saturated heterocycles. The van der Waals surface area contributed by atoms with Gasteiger partial charge in [-0.15, -0.1) is 0 Å². The molecule has 0 radical (unpaired) electrons. The van der Waals surface area contributed by atoms with Crippen LogP contribution in [0.2, 0.25) is 0 Å². The Morgan fingerprint density at radius 1 is 1.13 bits per heavy atom. The summed E-state index contributed by atoms with van der Waals surface area (Å²) in [4.78, 5) is 28.6. The number of amidine groups is 1. The maximum atomic E-state index is 12.3. The number of carbonyl (C=O) groups excluding carboxylic acids is 2. The Morgan fingerprint density at radius 3 is 2.57 bits per heavy atom. The van der Waals surface area contributed by atoms with Gasteiger partial charge in [0.2, 0.25) is 0 Å². The SMILES string of the molecule is CCc1ccc(N=C2NC(=O)/C(=C/c3ccc(OCC(=O)OC)c(OC)c3)S2)cc1. The number of aliphatic imine (C=N–C) groups is 1. The molecule has 0 unspecified atom stereocenters. The molecule has 1 heterocycles. The number of ether oxygens (including phenoxy) is 3. The molecule has 0 aromatic heterocycles. The number of amides is 1. The maximum Gasteiger partial charge on any atom is 0.343 e. The Bertz CT molecular complexity index is 999. The van der Waals surface area contributed by atoms with E-state index in [9.17, 15) is 9.59 Å². The quantitative estimate of drug-likeness (QED) is 0.537. The van der Waals surface area contributed by atoms with Crippen LogP contribution in [-0.4, -0.2) is 37.9 Å². The molecule has 2 aromatic carbocycles. The average Bonchev–Trinajstić information content (AvgIpc) is 3.11. The minimum absolute atomic E-state index is 0.214. The number of methoxy groups -OCH3 is 2. The Balaban J connectivity index is 1.75. The average molecular weight is 426 g/mol. The number of thioether (sulfide) groups is 1. The molecule has 0 atom stereocenters. The van der Waals surface area contributed by atoms with E-state index in [4.69, 9.17) is 9.47 Å². The lowest BCUT2D eigenvalue weighted by Crippen LogP contribution is -2.19. The highest BCUT2D eigenvalue weighted by molar-refractivity contribution is 8.18. The van der Waals surface area contributed by atoms with Crippen molar-refractivity contribution >= 4 is 40.6 Å². The van der Waals surface area contributed by atoms with E-state index in [2.05, 4.69) is 22.0 Å². The van der Waals surface area contributed by atoms with Gasteiger partial charge in [-0.05, 0) is 59.7 Å². The van der Waals surface area contributed by atoms with Crippen LogP contribution < -0.4 is 14.8 Å². The summed E-state index contributed by atoms with van der Waals surface area (Å²) in [6.07, 6.45) is 2.71. The molecule has 1 amide bonds. The summed E-state index contributed by atoms with van der Waals surface area (Å²) in [5, 5.41) is 3.31. The van der Waals surface area contributed by atoms with Gasteiger partial charge in [-0.2, -0.15) is 0 Å². The molecule has 2 aromatic rings. The minimum atomic E-state index is -0.488. The Labute approximate surface area is 179 Å². The van der Waals surface area contributed by atoms with Crippen molar-refractivity contribution in [2.45, 2.75) is 13.3 Å². The highest BCUT2D eigenvalue weighted by Crippen LogP contribution is 2.32. The lowest BCUT2D eigenvalue weighted by atomic mass is 10.2. The highest BCUT2D eigenvalue weighted by Gasteiger charge is 2.24. The number of hydrogen-bond acceptors (Lipinski definition) is 7. The van der Waals surface area contributed by atoms with Crippen molar-refractivity contribution in [2.75, 3.05) is 20.8 Å². The van der Waals surface area contributed by atoms with Crippen LogP contribution in [0.15, 0.2) is 52.4 Å². The second kappa shape index (κ2) is 9.98. The van der Waals surface area contributed by atoms with Crippen LogP contribution in [0.1, 0.15) is 18.1 Å². The van der Waals surface area contributed by atoms with Crippen LogP contribution in [0.5, 0.6) is 11.5 Å². The van der Waals surface area contributed by atoms with Gasteiger partial charge in [0, 0.05) is 0 Å². The molecule has 8 heteroatoms. The van der Waals surface area contributed by atoms with Crippen LogP contribution >= 0.6 is 11.8 Å². The summed E-state index contributed by atoms with van der Waals surface area (Å²) in [7, 11) is 2.79. The third-order valence-corrected chi connectivity index (χ3v) is 5.19. The summed E-state index contributed by atoms with van der Waals surface area (Å²) in [5.74, 6) is 0.153. The van der Waals surface area contributed by atoms with E-state index in [1.54, 1.807) is 24.3 Å². The number of aryl methyl sites for hydroxylation is 1. The second-order valence-corrected chi connectivity index (χ2v) is 7.31. The third-order valence-electron chi connectivity index (χ3n) is 4.28. The largest absolute Gasteiger partial charge is 0.493 e. The lowest BCUT2D eigenvalue weighted by molar-refractivity contribution is -0.142. The van der Waals surface area contributed by atoms with Crippen molar-refractivity contribution in [1.82, 2.24) is 5.32 Å². The van der Waals surface area contributed by atoms with Gasteiger partial charge in [-0.3, -0.25) is 4.79 Å². The first-order valence-corrected chi connectivity index (χ1v) is 10.1. The third kappa shape index (κ3) is 5.42. The number of nitrogens with zero attached hydrogens (tertiary/aromatic N) is 1. The van der Waals surface area contributed by atoms with Crippen LogP contribution in [0.4, 0.5) is 5.69 Å². The normalized spacial score (nSPS) is 15.9. The van der Waals surface area contributed by atoms with Crippen molar-refractivity contribution in [1.29, 1.82) is 0 Å². The molecular weight excluding hydrogens is 404 g/mol. The first-order valence-electron chi connectivity index (χ1n) is 9.28. The Hall–Kier alpha value is -3.26. The number of carbonyl (C=O) groups is 2. The highest BCUT2D eigenvalue weighted by atomic mass is 32.2. The summed E-state index contributed by atoms with van der Waals surface area (Å²) in [6, 6.07) is 13.1. The zero-order valence-corrected chi connectivity index (χ0v) is 17.7. The molecule has 1 N–H and O–H groups in total. The molecule has 1 aliphatic rings. The van der Waals surface area contributed by atoms with E-state index in [0.717, 1.165) is 17.7 Å². The topological polar surface area (TPSA) is 86.2 Å². The smallest absolute Gasteiger partial charge is 0.343 e. The molecule has 30 heavy (non-hydrogen) atoms. The minimum Gasteiger partial charge on any atom is -0.493 e. The van der Waals surface area contributed by atoms with Gasteiger partial charge in [-0.1, -0.05) is 25.1 Å². The van der Waals surface area contributed by atoms with Gasteiger partial charge < -0.3 is 19.5 Å². The summed E-state index contributed by atoms with van der Waals surface area (Å²) in [6.45, 7) is 1.88. The fourth-order valence-electron chi connectivity index (χ4n) is 2.64. The fraction of sp³-hybridized carbons (Fsp3) is 0.227. The Morgan fingerprint density at radius 2 is 1.90 bits per heavy atom. The van der Waals surface area contributed by atoms with Crippen molar-refractivity contribution < 1.29 is 23.8 Å². The number of hydrogen-bond donors (Lipinski definition) is 1. The molecule has 0 spiro atoms. The van der Waals surface area contributed by atoms with Gasteiger partial charge in [0.1, 0.15) is 0 Å². The lowest BCUT2D eigenvalue weighted by Gasteiger charge is -2.10. The molecule has 1 fully saturated rings. The van der Waals surface area contributed by atoms with Gasteiger partial charge in [0.15, 0.2) is 23.3 Å². The van der Waals surface area contributed by atoms with E-state index in [0.29, 0.717) is 21.6 Å². The van der Waals surface area contributed by atoms with Gasteiger partial charge in [-0.25, -0.2) is 9.79 Å². The van der Waals surface area contributed by atoms with Crippen LogP contribution in [0, 0.1) is 0 Å². The second-order valence-electron chi connectivity index (χ2n) is 6.28. The van der Waals surface area contributed by atoms with Gasteiger partial charge in [0.05, 0.1) is 24.8 Å². The van der Waals surface area contributed by atoms with E-state index in [1.165, 1.54) is 31.5 Å². The summed E-state index contributed by atoms with van der Waals surface area (Å²) in [5.41, 5.74) is 2.77. The first kappa shape index (κ1) is 21.4. The molecule has 7 nitrogen and oxygen atoms in total. The van der Waals surface area contributed by atoms with Gasteiger partial charge in [0.25, 0.3) is 5.91 Å². The zero-order valence-electron chi connectivity index (χ0n) is 16.9. The number of nitrogens with one attached hydrogen (secondary N) is 1. The molecular formula is C22H22N2O5S. The molecule has 3 rings (SSSR count). The summed E-state index contributed by atoms with van der Waals surface area (Å²) < 4.78 is 15.3. The van der Waals surface area contributed by atoms with Crippen LogP contribution in [-0.2, 0) is 20.7 Å². The van der Waals surface area contributed by atoms with Crippen molar-refractivity contribution in [3.63, 3.8) is 0 Å². The van der Waals surface area contributed by atoms with Crippen molar-refractivity contribution in [3.8, 4) is 11.5 Å². The molecule has 1 aliphatic heterocycles. The van der Waals surface area contributed by atoms with E-state index >= 15 is 0 Å². The Kier molecular flexibility index (Phi) is 7.13. The fourth-order valence-corrected chi connectivity index (χ4v) is 3.49. The number of benzene rings is 2. The van der Waals surface area contributed by atoms with Crippen molar-refractivity contribution in [3.05, 3.63) is 58.5 Å². The zero-order chi connectivity index (χ0) is 21.5. The molecule has 0 saturated carbocycles. The molecule has 0 bridgehead atoms. The standard InChI is InChI=1S/C22H22N2O5S/c1-4-14-5-8-16(9-6-14)23-22-24-21(26)19(30-22)12-15-7-10-17(18(11-15)27-2)29-13-20(25)28-3/h5-12H,4,13H2,1-3H3,(H,23,24,26)/b19-12-. The monoisotopic (exact) mass is 426 g/mol. The predicted octanol–water partition coefficient (Wildman–Crippen LogP) is 3.70. The summed E-state index contributed by atoms with van der Waals surface area (Å²) >= 11 is 1.27. The van der Waals surface area contributed by atoms with Gasteiger partial charge >= 0.3 is 5.97 Å². The van der Waals surface area contributed by atoms with E-state index in [1.807, 2.05) is 24.3 Å². The van der Waals surface area contributed by atoms with E-state index in [-0.39, 0.29) is 12.5 Å². The predicted molar refractivity (Wildman–Crippen MR) is 117 cm³/mol. The van der Waals surface area contributed by atoms with Crippen LogP contribution in [0.25, 0.3) is 6.08 Å².